The molecule has 0 fully saturated rings. The first kappa shape index (κ1) is 24.7. The number of esters is 1. The van der Waals surface area contributed by atoms with Crippen LogP contribution >= 0.6 is 0 Å². The van der Waals surface area contributed by atoms with Gasteiger partial charge in [0.2, 0.25) is 0 Å². The fourth-order valence-electron chi connectivity index (χ4n) is 2.88. The molecule has 1 N–H and O–H groups in total. The molecule has 0 aliphatic rings. The van der Waals surface area contributed by atoms with E-state index in [1.54, 1.807) is 0 Å². The largest absolute Gasteiger partial charge is 0.481 e. The number of carboxylic acid groups (broad SMARTS) is 1. The molecule has 0 saturated carbocycles. The predicted molar refractivity (Wildman–Crippen MR) is 107 cm³/mol. The van der Waals surface area contributed by atoms with Gasteiger partial charge in [-0.1, -0.05) is 64.0 Å². The molecule has 4 nitrogen and oxygen atoms in total. The lowest BCUT2D eigenvalue weighted by Crippen LogP contribution is -2.15. The minimum absolute atomic E-state index is 0.0370. The molecule has 0 radical (unpaired) electrons. The van der Waals surface area contributed by atoms with Gasteiger partial charge in [0, 0.05) is 0 Å². The number of allylic oxidation sites excluding steroid dienone is 2. The molecule has 0 rings (SSSR count). The first-order valence-corrected chi connectivity index (χ1v) is 10.6. The van der Waals surface area contributed by atoms with Crippen LogP contribution in [0.25, 0.3) is 0 Å². The van der Waals surface area contributed by atoms with Gasteiger partial charge in [0.05, 0.1) is 18.9 Å². The van der Waals surface area contributed by atoms with E-state index >= 15 is 0 Å². The van der Waals surface area contributed by atoms with Crippen LogP contribution in [-0.4, -0.2) is 23.1 Å². The Morgan fingerprint density at radius 2 is 1.38 bits per heavy atom. The highest BCUT2D eigenvalue weighted by atomic mass is 16.5. The highest BCUT2D eigenvalue weighted by Crippen LogP contribution is 2.11. The van der Waals surface area contributed by atoms with Gasteiger partial charge in [0.1, 0.15) is 0 Å². The first-order valence-electron chi connectivity index (χ1n) is 10.6. The number of unbranched alkanes of at least 4 members (excludes halogenated alkanes) is 10. The van der Waals surface area contributed by atoms with Crippen LogP contribution in [-0.2, 0) is 14.3 Å². The average molecular weight is 369 g/mol. The van der Waals surface area contributed by atoms with E-state index in [1.165, 1.54) is 57.8 Å². The minimum atomic E-state index is -0.962. The molecule has 0 saturated heterocycles. The molecule has 0 bridgehead atoms. The van der Waals surface area contributed by atoms with Crippen molar-refractivity contribution in [2.24, 2.45) is 0 Å². The van der Waals surface area contributed by atoms with Crippen LogP contribution in [0, 0.1) is 0 Å². The monoisotopic (exact) mass is 368 g/mol. The highest BCUT2D eigenvalue weighted by Gasteiger charge is 2.10. The van der Waals surface area contributed by atoms with Crippen molar-refractivity contribution < 1.29 is 19.4 Å². The summed E-state index contributed by atoms with van der Waals surface area (Å²) in [6.45, 7) is 4.13. The summed E-state index contributed by atoms with van der Waals surface area (Å²) in [5.41, 5.74) is 0. The Bertz CT molecular complexity index is 376. The third-order valence-corrected chi connectivity index (χ3v) is 4.50. The van der Waals surface area contributed by atoms with E-state index in [2.05, 4.69) is 19.1 Å². The maximum atomic E-state index is 11.4. The zero-order valence-electron chi connectivity index (χ0n) is 17.0. The molecule has 0 aromatic heterocycles. The molecule has 4 heteroatoms. The lowest BCUT2D eigenvalue weighted by Gasteiger charge is -2.12. The van der Waals surface area contributed by atoms with Crippen molar-refractivity contribution in [3.63, 3.8) is 0 Å². The number of carbonyl (C=O) groups is 2. The lowest BCUT2D eigenvalue weighted by atomic mass is 10.1. The summed E-state index contributed by atoms with van der Waals surface area (Å²) in [5, 5.41) is 8.53. The Morgan fingerprint density at radius 1 is 0.846 bits per heavy atom. The third kappa shape index (κ3) is 19.0. The van der Waals surface area contributed by atoms with Crippen LogP contribution < -0.4 is 0 Å². The second-order valence-electron chi connectivity index (χ2n) is 7.21. The number of carboxylic acids is 1. The van der Waals surface area contributed by atoms with Gasteiger partial charge in [0.15, 0.2) is 0 Å². The van der Waals surface area contributed by atoms with E-state index in [1.807, 2.05) is 6.92 Å². The van der Waals surface area contributed by atoms with Gasteiger partial charge in [-0.2, -0.15) is 0 Å². The highest BCUT2D eigenvalue weighted by molar-refractivity contribution is 5.76. The second kappa shape index (κ2) is 18.5. The van der Waals surface area contributed by atoms with Crippen LogP contribution in [0.2, 0.25) is 0 Å². The van der Waals surface area contributed by atoms with Crippen molar-refractivity contribution in [3.8, 4) is 0 Å². The SMILES string of the molecule is CCCCCCCC/C=C\CCCCCCC(C)OC(=O)CCC(=O)O. The molecule has 0 spiro atoms. The molecular weight excluding hydrogens is 328 g/mol. The van der Waals surface area contributed by atoms with Crippen LogP contribution in [0.3, 0.4) is 0 Å². The molecule has 152 valence electrons. The molecular formula is C22H40O4. The van der Waals surface area contributed by atoms with Gasteiger partial charge in [-0.3, -0.25) is 9.59 Å². The molecule has 26 heavy (non-hydrogen) atoms. The Morgan fingerprint density at radius 3 is 1.96 bits per heavy atom. The summed E-state index contributed by atoms with van der Waals surface area (Å²) in [7, 11) is 0. The van der Waals surface area contributed by atoms with Crippen molar-refractivity contribution >= 4 is 11.9 Å². The van der Waals surface area contributed by atoms with E-state index in [4.69, 9.17) is 9.84 Å². The summed E-state index contributed by atoms with van der Waals surface area (Å²) in [6.07, 6.45) is 20.4. The Balaban J connectivity index is 3.35. The van der Waals surface area contributed by atoms with Crippen LogP contribution in [0.15, 0.2) is 12.2 Å². The molecule has 0 aliphatic heterocycles. The number of ether oxygens (including phenoxy) is 1. The Kier molecular flexibility index (Phi) is 17.5. The number of rotatable bonds is 18. The smallest absolute Gasteiger partial charge is 0.306 e. The fraction of sp³-hybridized carbons (Fsp3) is 0.818. The van der Waals surface area contributed by atoms with Crippen LogP contribution in [0.4, 0.5) is 0 Å². The number of hydrogen-bond donors (Lipinski definition) is 1. The van der Waals surface area contributed by atoms with Crippen molar-refractivity contribution in [2.45, 2.75) is 116 Å². The van der Waals surface area contributed by atoms with E-state index in [-0.39, 0.29) is 18.9 Å². The molecule has 0 aliphatic carbocycles. The van der Waals surface area contributed by atoms with Gasteiger partial charge >= 0.3 is 11.9 Å². The van der Waals surface area contributed by atoms with Crippen molar-refractivity contribution in [1.29, 1.82) is 0 Å². The molecule has 1 atom stereocenters. The lowest BCUT2D eigenvalue weighted by molar-refractivity contribution is -0.151. The van der Waals surface area contributed by atoms with Crippen molar-refractivity contribution in [2.75, 3.05) is 0 Å². The number of hydrogen-bond acceptors (Lipinski definition) is 3. The Hall–Kier alpha value is -1.32. The molecule has 1 unspecified atom stereocenters. The fourth-order valence-corrected chi connectivity index (χ4v) is 2.88. The average Bonchev–Trinajstić information content (AvgIpc) is 2.60. The maximum Gasteiger partial charge on any atom is 0.306 e. The summed E-state index contributed by atoms with van der Waals surface area (Å²) < 4.78 is 5.20. The third-order valence-electron chi connectivity index (χ3n) is 4.50. The topological polar surface area (TPSA) is 63.6 Å². The van der Waals surface area contributed by atoms with Crippen LogP contribution in [0.5, 0.6) is 0 Å². The van der Waals surface area contributed by atoms with E-state index in [0.29, 0.717) is 0 Å². The summed E-state index contributed by atoms with van der Waals surface area (Å²) >= 11 is 0. The predicted octanol–water partition coefficient (Wildman–Crippen LogP) is 6.43. The summed E-state index contributed by atoms with van der Waals surface area (Å²) in [6, 6.07) is 0. The van der Waals surface area contributed by atoms with E-state index < -0.39 is 11.9 Å². The van der Waals surface area contributed by atoms with Gasteiger partial charge in [-0.05, 0) is 45.4 Å². The first-order chi connectivity index (χ1) is 12.6. The standard InChI is InChI=1S/C22H40O4/c1-3-4-5-6-7-8-9-10-11-12-13-14-15-16-17-20(2)26-22(25)19-18-21(23)24/h10-11,20H,3-9,12-19H2,1-2H3,(H,23,24)/b11-10-. The summed E-state index contributed by atoms with van der Waals surface area (Å²) in [4.78, 5) is 21.8. The van der Waals surface area contributed by atoms with Gasteiger partial charge in [-0.25, -0.2) is 0 Å². The van der Waals surface area contributed by atoms with E-state index in [9.17, 15) is 9.59 Å². The van der Waals surface area contributed by atoms with Gasteiger partial charge < -0.3 is 9.84 Å². The number of aliphatic carboxylic acids is 1. The quantitative estimate of drug-likeness (QED) is 0.172. The molecule has 0 amide bonds. The summed E-state index contributed by atoms with van der Waals surface area (Å²) in [5.74, 6) is -1.37. The van der Waals surface area contributed by atoms with Crippen LogP contribution in [0.1, 0.15) is 110 Å². The Labute approximate surface area is 160 Å². The molecule has 0 aromatic carbocycles. The number of carbonyl (C=O) groups excluding carboxylic acids is 1. The van der Waals surface area contributed by atoms with Gasteiger partial charge in [-0.15, -0.1) is 0 Å². The van der Waals surface area contributed by atoms with Crippen molar-refractivity contribution in [1.82, 2.24) is 0 Å². The zero-order chi connectivity index (χ0) is 19.5. The minimum Gasteiger partial charge on any atom is -0.481 e. The van der Waals surface area contributed by atoms with Gasteiger partial charge in [0.25, 0.3) is 0 Å². The maximum absolute atomic E-state index is 11.4. The van der Waals surface area contributed by atoms with E-state index in [0.717, 1.165) is 25.7 Å². The molecule has 0 heterocycles. The normalized spacial score (nSPS) is 12.4. The second-order valence-corrected chi connectivity index (χ2v) is 7.21. The zero-order valence-corrected chi connectivity index (χ0v) is 17.0. The van der Waals surface area contributed by atoms with Crippen molar-refractivity contribution in [3.05, 3.63) is 12.2 Å². The molecule has 0 aromatic rings.